The van der Waals surface area contributed by atoms with Crippen LogP contribution in [0.3, 0.4) is 0 Å². The van der Waals surface area contributed by atoms with Crippen LogP contribution in [0.25, 0.3) is 0 Å². The van der Waals surface area contributed by atoms with Gasteiger partial charge in [0.05, 0.1) is 12.7 Å². The molecule has 0 heterocycles. The van der Waals surface area contributed by atoms with Gasteiger partial charge in [-0.15, -0.1) is 0 Å². The van der Waals surface area contributed by atoms with E-state index < -0.39 is 36.9 Å². The van der Waals surface area contributed by atoms with Crippen molar-refractivity contribution in [2.45, 2.75) is 431 Å². The standard InChI is InChI=1S/C72H140O8/c1-4-7-10-13-16-19-22-25-28-31-34-37-40-43-46-49-52-55-58-61-70(75)78-66-69(80-72(77)63-60-57-54-51-48-45-42-39-36-33-30-27-24-21-18-15-12-9-6-3)68(64-67(74)65-73)79-71(76)62-59-56-53-50-47-44-41-38-35-32-29-26-23-20-17-14-11-8-5-2/h67-69,73-74H,4-66H2,1-3H3. The van der Waals surface area contributed by atoms with E-state index in [0.717, 1.165) is 44.9 Å². The SMILES string of the molecule is CCCCCCCCCCCCCCCCCCCCCC(=O)OCC(OC(=O)CCCCCCCCCCCCCCCCCCCCC)C(CC(O)CO)OC(=O)CCCCCCCCCCCCCCCCCCCCC. The van der Waals surface area contributed by atoms with Gasteiger partial charge in [-0.3, -0.25) is 14.4 Å². The van der Waals surface area contributed by atoms with Crippen LogP contribution >= 0.6 is 0 Å². The van der Waals surface area contributed by atoms with E-state index in [4.69, 9.17) is 14.2 Å². The van der Waals surface area contributed by atoms with Crippen molar-refractivity contribution in [3.63, 3.8) is 0 Å². The van der Waals surface area contributed by atoms with Crippen molar-refractivity contribution in [3.05, 3.63) is 0 Å². The summed E-state index contributed by atoms with van der Waals surface area (Å²) in [7, 11) is 0. The van der Waals surface area contributed by atoms with Gasteiger partial charge < -0.3 is 24.4 Å². The minimum atomic E-state index is -1.18. The van der Waals surface area contributed by atoms with Crippen LogP contribution in [0.5, 0.6) is 0 Å². The number of ether oxygens (including phenoxy) is 3. The van der Waals surface area contributed by atoms with Gasteiger partial charge >= 0.3 is 17.9 Å². The highest BCUT2D eigenvalue weighted by Crippen LogP contribution is 2.21. The van der Waals surface area contributed by atoms with Gasteiger partial charge in [0.2, 0.25) is 0 Å². The molecule has 0 amide bonds. The van der Waals surface area contributed by atoms with Gasteiger partial charge in [0.15, 0.2) is 6.10 Å². The van der Waals surface area contributed by atoms with Crippen LogP contribution < -0.4 is 0 Å². The molecule has 0 aromatic heterocycles. The zero-order valence-corrected chi connectivity index (χ0v) is 54.1. The molecule has 0 bridgehead atoms. The van der Waals surface area contributed by atoms with Crippen LogP contribution in [0, 0.1) is 0 Å². The average molecular weight is 1130 g/mol. The molecule has 3 atom stereocenters. The topological polar surface area (TPSA) is 119 Å². The van der Waals surface area contributed by atoms with E-state index in [1.165, 1.54) is 308 Å². The molecule has 8 nitrogen and oxygen atoms in total. The van der Waals surface area contributed by atoms with Crippen LogP contribution in [0.2, 0.25) is 0 Å². The lowest BCUT2D eigenvalue weighted by Crippen LogP contribution is -2.41. The Labute approximate surface area is 498 Å². The Morgan fingerprint density at radius 2 is 0.463 bits per heavy atom. The number of aliphatic hydroxyl groups excluding tert-OH is 2. The molecule has 0 aliphatic carbocycles. The molecule has 0 rings (SSSR count). The number of unbranched alkanes of at least 4 members (excludes halogenated alkanes) is 54. The third-order valence-corrected chi connectivity index (χ3v) is 17.1. The van der Waals surface area contributed by atoms with Gasteiger partial charge in [-0.1, -0.05) is 367 Å². The molecule has 0 saturated heterocycles. The number of carbonyl (C=O) groups is 3. The molecular weight excluding hydrogens is 993 g/mol. The Bertz CT molecular complexity index is 1240. The van der Waals surface area contributed by atoms with E-state index in [1.807, 2.05) is 0 Å². The third kappa shape index (κ3) is 60.9. The first kappa shape index (κ1) is 78.3. The molecule has 0 aromatic carbocycles. The molecule has 0 fully saturated rings. The first-order valence-corrected chi connectivity index (χ1v) is 36.2. The van der Waals surface area contributed by atoms with Gasteiger partial charge in [0.25, 0.3) is 0 Å². The third-order valence-electron chi connectivity index (χ3n) is 17.1. The molecule has 80 heavy (non-hydrogen) atoms. The lowest BCUT2D eigenvalue weighted by atomic mass is 10.0. The maximum absolute atomic E-state index is 13.3. The van der Waals surface area contributed by atoms with Crippen LogP contribution in [0.15, 0.2) is 0 Å². The monoisotopic (exact) mass is 1130 g/mol. The summed E-state index contributed by atoms with van der Waals surface area (Å²) in [5.41, 5.74) is 0. The summed E-state index contributed by atoms with van der Waals surface area (Å²) in [6.45, 7) is 6.07. The average Bonchev–Trinajstić information content (AvgIpc) is 3.46. The smallest absolute Gasteiger partial charge is 0.306 e. The second-order valence-corrected chi connectivity index (χ2v) is 25.2. The van der Waals surface area contributed by atoms with Crippen molar-refractivity contribution in [2.75, 3.05) is 13.2 Å². The van der Waals surface area contributed by atoms with Crippen LogP contribution in [0.4, 0.5) is 0 Å². The van der Waals surface area contributed by atoms with Gasteiger partial charge in [-0.25, -0.2) is 0 Å². The van der Waals surface area contributed by atoms with E-state index in [1.54, 1.807) is 0 Å². The zero-order chi connectivity index (χ0) is 58.1. The normalized spacial score (nSPS) is 12.7. The molecule has 2 N–H and O–H groups in total. The molecule has 476 valence electrons. The summed E-state index contributed by atoms with van der Waals surface area (Å²) in [5.74, 6) is -1.21. The lowest BCUT2D eigenvalue weighted by Gasteiger charge is -2.28. The van der Waals surface area contributed by atoms with Crippen molar-refractivity contribution in [1.29, 1.82) is 0 Å². The number of aliphatic hydroxyl groups is 2. The lowest BCUT2D eigenvalue weighted by molar-refractivity contribution is -0.178. The summed E-state index contributed by atoms with van der Waals surface area (Å²) in [6, 6.07) is 0. The van der Waals surface area contributed by atoms with Crippen molar-refractivity contribution in [1.82, 2.24) is 0 Å². The van der Waals surface area contributed by atoms with Crippen molar-refractivity contribution in [3.8, 4) is 0 Å². The fourth-order valence-electron chi connectivity index (χ4n) is 11.6. The van der Waals surface area contributed by atoms with Crippen LogP contribution in [-0.2, 0) is 28.6 Å². The number of hydrogen-bond acceptors (Lipinski definition) is 8. The van der Waals surface area contributed by atoms with Crippen LogP contribution in [0.1, 0.15) is 412 Å². The van der Waals surface area contributed by atoms with Gasteiger partial charge in [0.1, 0.15) is 12.7 Å². The Morgan fingerprint density at radius 1 is 0.275 bits per heavy atom. The van der Waals surface area contributed by atoms with Gasteiger partial charge in [0, 0.05) is 25.7 Å². The summed E-state index contributed by atoms with van der Waals surface area (Å²) in [6.07, 6.45) is 70.5. The predicted octanol–water partition coefficient (Wildman–Crippen LogP) is 22.6. The highest BCUT2D eigenvalue weighted by Gasteiger charge is 2.32. The van der Waals surface area contributed by atoms with Crippen molar-refractivity contribution < 1.29 is 38.8 Å². The molecular formula is C72H140O8. The maximum atomic E-state index is 13.3. The Balaban J connectivity index is 4.73. The van der Waals surface area contributed by atoms with E-state index in [9.17, 15) is 24.6 Å². The van der Waals surface area contributed by atoms with E-state index in [-0.39, 0.29) is 38.3 Å². The van der Waals surface area contributed by atoms with E-state index in [2.05, 4.69) is 20.8 Å². The van der Waals surface area contributed by atoms with Gasteiger partial charge in [-0.2, -0.15) is 0 Å². The molecule has 0 spiro atoms. The molecule has 0 aromatic rings. The second-order valence-electron chi connectivity index (χ2n) is 25.2. The number of hydrogen-bond donors (Lipinski definition) is 2. The summed E-state index contributed by atoms with van der Waals surface area (Å²) >= 11 is 0. The van der Waals surface area contributed by atoms with Crippen LogP contribution in [-0.4, -0.2) is 59.6 Å². The van der Waals surface area contributed by atoms with Gasteiger partial charge in [-0.05, 0) is 19.3 Å². The Morgan fingerprint density at radius 3 is 0.675 bits per heavy atom. The molecule has 0 aliphatic rings. The molecule has 3 unspecified atom stereocenters. The quantitative estimate of drug-likeness (QED) is 0.0351. The highest BCUT2D eigenvalue weighted by atomic mass is 16.6. The minimum absolute atomic E-state index is 0.116. The van der Waals surface area contributed by atoms with E-state index in [0.29, 0.717) is 12.8 Å². The largest absolute Gasteiger partial charge is 0.462 e. The van der Waals surface area contributed by atoms with Crippen molar-refractivity contribution >= 4 is 17.9 Å². The first-order valence-electron chi connectivity index (χ1n) is 36.2. The number of carbonyl (C=O) groups excluding carboxylic acids is 3. The Hall–Kier alpha value is -1.67. The summed E-state index contributed by atoms with van der Waals surface area (Å²) in [5, 5.41) is 20.4. The maximum Gasteiger partial charge on any atom is 0.306 e. The highest BCUT2D eigenvalue weighted by molar-refractivity contribution is 5.71. The summed E-state index contributed by atoms with van der Waals surface area (Å²) in [4.78, 5) is 39.6. The number of rotatable bonds is 68. The molecule has 0 aliphatic heterocycles. The molecule has 0 saturated carbocycles. The first-order chi connectivity index (χ1) is 39.4. The second kappa shape index (κ2) is 66.5. The fraction of sp³-hybridized carbons (Fsp3) is 0.958. The zero-order valence-electron chi connectivity index (χ0n) is 54.1. The molecule has 0 radical (unpaired) electrons. The Kier molecular flexibility index (Phi) is 65.1. The minimum Gasteiger partial charge on any atom is -0.462 e. The van der Waals surface area contributed by atoms with E-state index >= 15 is 0 Å². The predicted molar refractivity (Wildman–Crippen MR) is 342 cm³/mol. The summed E-state index contributed by atoms with van der Waals surface area (Å²) < 4.78 is 17.6. The van der Waals surface area contributed by atoms with Crippen molar-refractivity contribution in [2.24, 2.45) is 0 Å². The number of esters is 3. The molecule has 8 heteroatoms. The fourth-order valence-corrected chi connectivity index (χ4v) is 11.6.